The molecule has 0 N–H and O–H groups in total. The van der Waals surface area contributed by atoms with E-state index >= 15 is 0 Å². The summed E-state index contributed by atoms with van der Waals surface area (Å²) in [5, 5.41) is 9.00. The molecule has 2 aliphatic carbocycles. The van der Waals surface area contributed by atoms with Crippen LogP contribution in [0.2, 0.25) is 0 Å². The van der Waals surface area contributed by atoms with Crippen LogP contribution in [-0.4, -0.2) is 11.6 Å². The third-order valence-corrected chi connectivity index (χ3v) is 19.6. The molecule has 5 atom stereocenters. The number of aryl methyl sites for hydroxylation is 2. The molecule has 474 valence electrons. The van der Waals surface area contributed by atoms with Crippen LogP contribution in [0.4, 0.5) is 0 Å². The lowest BCUT2D eigenvalue weighted by Crippen LogP contribution is -2.18. The van der Waals surface area contributed by atoms with Crippen LogP contribution in [0.3, 0.4) is 0 Å². The predicted molar refractivity (Wildman–Crippen MR) is 388 cm³/mol. The fourth-order valence-corrected chi connectivity index (χ4v) is 13.0. The van der Waals surface area contributed by atoms with Gasteiger partial charge in [0.25, 0.3) is 0 Å². The van der Waals surface area contributed by atoms with Crippen molar-refractivity contribution in [3.8, 4) is 0 Å². The Hall–Kier alpha value is -5.60. The molecule has 1 fully saturated rings. The minimum absolute atomic E-state index is 0.0217. The third-order valence-electron chi connectivity index (χ3n) is 19.6. The number of fused-ring (bicyclic) bond motifs is 2. The van der Waals surface area contributed by atoms with Gasteiger partial charge in [-0.2, -0.15) is 0 Å². The standard InChI is InChI=1S/C24H14O2.C12H18.C11H16.C10H14.C10H22.C9H18.C9H20/c1-12-5-6-15-17-8-10-19-21(26)11-20(25)18-9-7-16(23(17)24(18)19)14-4-2-3-13(12)22(14)15;1-10(2)9-11(3)12-7-5-4-6-8-12;1-9(2)10(3)11-7-5-4-6-8-11;1-8(2)10-7-5-4-6-9(10)3;1-8(2)9(3)7-10(4,5)6;1-7(2)9-6-4-5-8(9)3;1-6-7-9(4,5)8(2)3/h2-10H,11H2,1H3;4-8,10-11H,9H2,1-3H3;4-10H,1-3H3;4-8H,1-3H3;8-9H,7H2,1-6H3;7-9H,4-6H2,1-3H3;8H,6-7H2,1-5H3. The van der Waals surface area contributed by atoms with Gasteiger partial charge in [0.15, 0.2) is 11.6 Å². The summed E-state index contributed by atoms with van der Waals surface area (Å²) in [4.78, 5) is 24.9. The number of hydrogen-bond acceptors (Lipinski definition) is 2. The highest BCUT2D eigenvalue weighted by molar-refractivity contribution is 6.39. The van der Waals surface area contributed by atoms with E-state index < -0.39 is 0 Å². The van der Waals surface area contributed by atoms with Crippen LogP contribution in [0, 0.1) is 72.0 Å². The molecule has 0 saturated heterocycles. The number of Topliss-reactive ketones (excluding diaryl/α,β-unsaturated/α-hetero) is 2. The zero-order valence-electron chi connectivity index (χ0n) is 59.6. The van der Waals surface area contributed by atoms with E-state index in [9.17, 15) is 9.59 Å². The first kappa shape index (κ1) is 73.9. The van der Waals surface area contributed by atoms with Crippen molar-refractivity contribution in [2.75, 3.05) is 0 Å². The van der Waals surface area contributed by atoms with Crippen molar-refractivity contribution in [3.05, 3.63) is 178 Å². The first-order valence-corrected chi connectivity index (χ1v) is 34.2. The van der Waals surface area contributed by atoms with E-state index in [1.54, 1.807) is 0 Å². The number of benzene rings is 8. The van der Waals surface area contributed by atoms with Gasteiger partial charge in [-0.05, 0) is 181 Å². The summed E-state index contributed by atoms with van der Waals surface area (Å²) in [5.74, 6) is 8.88. The van der Waals surface area contributed by atoms with E-state index in [2.05, 4.69) is 294 Å². The molecule has 2 heteroatoms. The van der Waals surface area contributed by atoms with Gasteiger partial charge in [-0.3, -0.25) is 9.59 Å². The smallest absolute Gasteiger partial charge is 0.171 e. The molecule has 10 rings (SSSR count). The molecule has 87 heavy (non-hydrogen) atoms. The normalized spacial score (nSPS) is 15.9. The molecule has 0 spiro atoms. The molecular weight excluding hydrogens is 1050 g/mol. The van der Waals surface area contributed by atoms with Crippen molar-refractivity contribution < 1.29 is 9.59 Å². The highest BCUT2D eigenvalue weighted by Gasteiger charge is 2.29. The lowest BCUT2D eigenvalue weighted by Gasteiger charge is -2.28. The van der Waals surface area contributed by atoms with Crippen LogP contribution in [0.15, 0.2) is 140 Å². The van der Waals surface area contributed by atoms with Crippen molar-refractivity contribution in [2.45, 2.75) is 235 Å². The molecule has 8 aromatic rings. The van der Waals surface area contributed by atoms with Crippen molar-refractivity contribution >= 4 is 54.7 Å². The zero-order chi connectivity index (χ0) is 65.1. The molecule has 0 heterocycles. The largest absolute Gasteiger partial charge is 0.294 e. The topological polar surface area (TPSA) is 34.1 Å². The molecule has 0 aromatic heterocycles. The van der Waals surface area contributed by atoms with E-state index in [0.29, 0.717) is 39.7 Å². The number of hydrogen-bond donors (Lipinski definition) is 0. The fourth-order valence-electron chi connectivity index (χ4n) is 13.0. The van der Waals surface area contributed by atoms with Gasteiger partial charge < -0.3 is 0 Å². The Bertz CT molecular complexity index is 3240. The molecule has 0 aliphatic heterocycles. The average molecular weight is 1180 g/mol. The van der Waals surface area contributed by atoms with Gasteiger partial charge in [-0.25, -0.2) is 0 Å². The van der Waals surface area contributed by atoms with Gasteiger partial charge in [0.05, 0.1) is 6.42 Å². The summed E-state index contributed by atoms with van der Waals surface area (Å²) in [6, 6.07) is 48.6. The Morgan fingerprint density at radius 3 is 1.39 bits per heavy atom. The molecule has 8 aromatic carbocycles. The molecule has 0 radical (unpaired) electrons. The lowest BCUT2D eigenvalue weighted by atomic mass is 9.78. The summed E-state index contributed by atoms with van der Waals surface area (Å²) in [6.45, 7) is 54.9. The van der Waals surface area contributed by atoms with Crippen molar-refractivity contribution in [1.82, 2.24) is 0 Å². The van der Waals surface area contributed by atoms with Crippen LogP contribution in [0.1, 0.15) is 270 Å². The van der Waals surface area contributed by atoms with Crippen LogP contribution in [0.5, 0.6) is 0 Å². The Labute approximate surface area is 533 Å². The minimum atomic E-state index is -0.0703. The molecular formula is C85H122O2. The van der Waals surface area contributed by atoms with Gasteiger partial charge in [0.1, 0.15) is 0 Å². The van der Waals surface area contributed by atoms with E-state index in [1.807, 2.05) is 12.1 Å². The summed E-state index contributed by atoms with van der Waals surface area (Å²) in [6.07, 6.45) is 9.70. The Kier molecular flexibility index (Phi) is 29.2. The maximum absolute atomic E-state index is 12.5. The van der Waals surface area contributed by atoms with Gasteiger partial charge in [0, 0.05) is 16.5 Å². The average Bonchev–Trinajstić information content (AvgIpc) is 0.899. The van der Waals surface area contributed by atoms with Crippen LogP contribution >= 0.6 is 0 Å². The molecule has 2 nitrogen and oxygen atoms in total. The summed E-state index contributed by atoms with van der Waals surface area (Å²) in [7, 11) is 0. The van der Waals surface area contributed by atoms with E-state index in [-0.39, 0.29) is 18.0 Å². The SMILES string of the molecule is CC(C)C(C)CC(C)(C)C.CC(C)C(C)c1ccccc1.CC(C)C1CCCC1C.CC(C)CC(C)c1ccccc1.CCCC(C)(C)C(C)C.Cc1ccc2c3ccc4c5c(ccc(c6cccc1c62)c53)C(=O)CC4=O.Cc1ccccc1C(C)C. The van der Waals surface area contributed by atoms with Gasteiger partial charge in [0.2, 0.25) is 0 Å². The second-order valence-electron chi connectivity index (χ2n) is 30.3. The molecule has 5 unspecified atom stereocenters. The van der Waals surface area contributed by atoms with E-state index in [1.165, 1.54) is 94.3 Å². The first-order chi connectivity index (χ1) is 40.8. The Morgan fingerprint density at radius 1 is 0.494 bits per heavy atom. The van der Waals surface area contributed by atoms with Gasteiger partial charge in [-0.1, -0.05) is 311 Å². The zero-order valence-corrected chi connectivity index (χ0v) is 59.6. The van der Waals surface area contributed by atoms with Crippen molar-refractivity contribution in [1.29, 1.82) is 0 Å². The van der Waals surface area contributed by atoms with Crippen LogP contribution in [-0.2, 0) is 0 Å². The van der Waals surface area contributed by atoms with E-state index in [4.69, 9.17) is 0 Å². The number of carbonyl (C=O) groups excluding carboxylic acids is 2. The number of carbonyl (C=O) groups is 2. The number of rotatable bonds is 12. The minimum Gasteiger partial charge on any atom is -0.294 e. The second kappa shape index (κ2) is 34.4. The monoisotopic (exact) mass is 1170 g/mol. The third kappa shape index (κ3) is 21.6. The maximum atomic E-state index is 12.5. The number of ketones is 2. The summed E-state index contributed by atoms with van der Waals surface area (Å²) < 4.78 is 0. The van der Waals surface area contributed by atoms with Gasteiger partial charge in [-0.15, -0.1) is 0 Å². The Morgan fingerprint density at radius 2 is 0.989 bits per heavy atom. The first-order valence-electron chi connectivity index (χ1n) is 34.2. The van der Waals surface area contributed by atoms with Crippen molar-refractivity contribution in [2.24, 2.45) is 58.2 Å². The maximum Gasteiger partial charge on any atom is 0.171 e. The molecule has 2 aliphatic rings. The summed E-state index contributed by atoms with van der Waals surface area (Å²) >= 11 is 0. The second-order valence-corrected chi connectivity index (χ2v) is 30.3. The van der Waals surface area contributed by atoms with E-state index in [0.717, 1.165) is 68.9 Å². The van der Waals surface area contributed by atoms with Crippen LogP contribution < -0.4 is 0 Å². The van der Waals surface area contributed by atoms with Crippen molar-refractivity contribution in [3.63, 3.8) is 0 Å². The van der Waals surface area contributed by atoms with Gasteiger partial charge >= 0.3 is 0 Å². The lowest BCUT2D eigenvalue weighted by molar-refractivity contribution is 0.0890. The molecule has 0 bridgehead atoms. The predicted octanol–water partition coefficient (Wildman–Crippen LogP) is 26.5. The highest BCUT2D eigenvalue weighted by atomic mass is 16.1. The molecule has 0 amide bonds. The fraction of sp³-hybridized carbons (Fsp3) is 0.529. The summed E-state index contributed by atoms with van der Waals surface area (Å²) in [5.41, 5.74) is 9.45. The van der Waals surface area contributed by atoms with Crippen LogP contribution in [0.25, 0.3) is 43.1 Å². The Balaban J connectivity index is 0.000000230. The quantitative estimate of drug-likeness (QED) is 0.0694. The molecule has 1 saturated carbocycles. The highest BCUT2D eigenvalue weighted by Crippen LogP contribution is 2.44.